The molecule has 6 heteroatoms. The molecule has 1 atom stereocenters. The first-order valence-corrected chi connectivity index (χ1v) is 8.19. The van der Waals surface area contributed by atoms with Crippen LogP contribution in [0.5, 0.6) is 0 Å². The lowest BCUT2D eigenvalue weighted by Gasteiger charge is -2.30. The molecule has 0 unspecified atom stereocenters. The Bertz CT molecular complexity index is 456. The average Bonchev–Trinajstić information content (AvgIpc) is 2.89. The van der Waals surface area contributed by atoms with Crippen LogP contribution in [0.3, 0.4) is 0 Å². The zero-order chi connectivity index (χ0) is 15.2. The Labute approximate surface area is 130 Å². The first kappa shape index (κ1) is 16.4. The van der Waals surface area contributed by atoms with E-state index in [9.17, 15) is 4.79 Å². The van der Waals surface area contributed by atoms with E-state index in [0.29, 0.717) is 19.7 Å². The summed E-state index contributed by atoms with van der Waals surface area (Å²) in [5.74, 6) is 0.0927. The Morgan fingerprint density at radius 1 is 1.43 bits per heavy atom. The molecule has 2 heterocycles. The van der Waals surface area contributed by atoms with Crippen molar-refractivity contribution in [3.8, 4) is 0 Å². The lowest BCUT2D eigenvalue weighted by Crippen LogP contribution is -2.50. The molecule has 0 aromatic carbocycles. The van der Waals surface area contributed by atoms with E-state index in [2.05, 4.69) is 29.3 Å². The molecule has 1 aromatic heterocycles. The quantitative estimate of drug-likeness (QED) is 0.849. The van der Waals surface area contributed by atoms with E-state index in [-0.39, 0.29) is 12.0 Å². The summed E-state index contributed by atoms with van der Waals surface area (Å²) in [4.78, 5) is 19.2. The SMILES string of the molecule is Cc1ccc(CN(CCN(C)C)C(=O)[C@H]2CNCCO2)s1. The summed E-state index contributed by atoms with van der Waals surface area (Å²) in [6.45, 7) is 6.39. The molecule has 118 valence electrons. The number of amides is 1. The van der Waals surface area contributed by atoms with Gasteiger partial charge in [-0.1, -0.05) is 0 Å². The maximum absolute atomic E-state index is 12.7. The van der Waals surface area contributed by atoms with Gasteiger partial charge in [0.2, 0.25) is 0 Å². The predicted molar refractivity (Wildman–Crippen MR) is 85.6 cm³/mol. The molecule has 1 N–H and O–H groups in total. The number of carbonyl (C=O) groups is 1. The highest BCUT2D eigenvalue weighted by Crippen LogP contribution is 2.18. The van der Waals surface area contributed by atoms with Crippen molar-refractivity contribution in [3.63, 3.8) is 0 Å². The number of rotatable bonds is 6. The number of ether oxygens (including phenoxy) is 1. The molecule has 5 nitrogen and oxygen atoms in total. The Morgan fingerprint density at radius 3 is 2.81 bits per heavy atom. The highest BCUT2D eigenvalue weighted by atomic mass is 32.1. The minimum absolute atomic E-state index is 0.0927. The van der Waals surface area contributed by atoms with Gasteiger partial charge in [0.15, 0.2) is 0 Å². The average molecular weight is 311 g/mol. The van der Waals surface area contributed by atoms with Crippen molar-refractivity contribution >= 4 is 17.2 Å². The minimum atomic E-state index is -0.345. The molecule has 0 spiro atoms. The van der Waals surface area contributed by atoms with Crippen LogP contribution in [0.1, 0.15) is 9.75 Å². The van der Waals surface area contributed by atoms with Gasteiger partial charge >= 0.3 is 0 Å². The fourth-order valence-electron chi connectivity index (χ4n) is 2.27. The van der Waals surface area contributed by atoms with Crippen LogP contribution in [-0.2, 0) is 16.1 Å². The largest absolute Gasteiger partial charge is 0.366 e. The van der Waals surface area contributed by atoms with E-state index in [1.165, 1.54) is 9.75 Å². The fraction of sp³-hybridized carbons (Fsp3) is 0.667. The summed E-state index contributed by atoms with van der Waals surface area (Å²) in [5, 5.41) is 3.22. The van der Waals surface area contributed by atoms with Crippen LogP contribution in [0.4, 0.5) is 0 Å². The van der Waals surface area contributed by atoms with Gasteiger partial charge in [0.05, 0.1) is 13.2 Å². The Hall–Kier alpha value is -0.950. The predicted octanol–water partition coefficient (Wildman–Crippen LogP) is 0.935. The van der Waals surface area contributed by atoms with Crippen LogP contribution in [0.25, 0.3) is 0 Å². The van der Waals surface area contributed by atoms with Gasteiger partial charge in [0, 0.05) is 35.9 Å². The molecule has 21 heavy (non-hydrogen) atoms. The van der Waals surface area contributed by atoms with Crippen LogP contribution < -0.4 is 5.32 Å². The van der Waals surface area contributed by atoms with E-state index in [4.69, 9.17) is 4.74 Å². The van der Waals surface area contributed by atoms with Crippen molar-refractivity contribution in [3.05, 3.63) is 21.9 Å². The zero-order valence-corrected chi connectivity index (χ0v) is 13.9. The molecule has 0 saturated carbocycles. The molecular weight excluding hydrogens is 286 g/mol. The van der Waals surface area contributed by atoms with Gasteiger partial charge in [-0.15, -0.1) is 11.3 Å². The third-order valence-corrected chi connectivity index (χ3v) is 4.46. The van der Waals surface area contributed by atoms with Crippen molar-refractivity contribution in [1.29, 1.82) is 0 Å². The molecule has 1 amide bonds. The molecule has 1 saturated heterocycles. The zero-order valence-electron chi connectivity index (χ0n) is 13.1. The number of nitrogens with zero attached hydrogens (tertiary/aromatic N) is 2. The molecule has 2 rings (SSSR count). The fourth-order valence-corrected chi connectivity index (χ4v) is 3.18. The normalized spacial score (nSPS) is 19.0. The van der Waals surface area contributed by atoms with E-state index in [1.807, 2.05) is 19.0 Å². The lowest BCUT2D eigenvalue weighted by molar-refractivity contribution is -0.146. The van der Waals surface area contributed by atoms with Gasteiger partial charge in [-0.3, -0.25) is 4.79 Å². The Balaban J connectivity index is 2.01. The molecule has 0 radical (unpaired) electrons. The number of morpholine rings is 1. The molecule has 1 fully saturated rings. The summed E-state index contributed by atoms with van der Waals surface area (Å²) in [6, 6.07) is 4.21. The van der Waals surface area contributed by atoms with Gasteiger partial charge in [-0.05, 0) is 33.2 Å². The molecule has 1 aliphatic rings. The monoisotopic (exact) mass is 311 g/mol. The Kier molecular flexibility index (Phi) is 6.17. The highest BCUT2D eigenvalue weighted by molar-refractivity contribution is 7.11. The van der Waals surface area contributed by atoms with E-state index >= 15 is 0 Å². The second-order valence-corrected chi connectivity index (χ2v) is 7.01. The summed E-state index contributed by atoms with van der Waals surface area (Å²) >= 11 is 1.75. The lowest BCUT2D eigenvalue weighted by atomic mass is 10.2. The number of hydrogen-bond donors (Lipinski definition) is 1. The molecule has 0 bridgehead atoms. The highest BCUT2D eigenvalue weighted by Gasteiger charge is 2.27. The molecular formula is C15H25N3O2S. The minimum Gasteiger partial charge on any atom is -0.366 e. The van der Waals surface area contributed by atoms with Gasteiger partial charge in [-0.2, -0.15) is 0 Å². The van der Waals surface area contributed by atoms with Crippen molar-refractivity contribution in [2.75, 3.05) is 46.9 Å². The summed E-state index contributed by atoms with van der Waals surface area (Å²) in [6.07, 6.45) is -0.345. The number of carbonyl (C=O) groups excluding carboxylic acids is 1. The van der Waals surface area contributed by atoms with Crippen LogP contribution in [0, 0.1) is 6.92 Å². The topological polar surface area (TPSA) is 44.8 Å². The standard InChI is InChI=1S/C15H25N3O2S/c1-12-4-5-13(21-12)11-18(8-7-17(2)3)15(19)14-10-16-6-9-20-14/h4-5,14,16H,6-11H2,1-3H3/t14-/m1/s1. The van der Waals surface area contributed by atoms with E-state index in [1.54, 1.807) is 11.3 Å². The second kappa shape index (κ2) is 7.89. The van der Waals surface area contributed by atoms with Crippen molar-refractivity contribution < 1.29 is 9.53 Å². The van der Waals surface area contributed by atoms with Gasteiger partial charge in [-0.25, -0.2) is 0 Å². The summed E-state index contributed by atoms with van der Waals surface area (Å²) < 4.78 is 5.61. The summed E-state index contributed by atoms with van der Waals surface area (Å²) in [7, 11) is 4.05. The maximum atomic E-state index is 12.7. The van der Waals surface area contributed by atoms with E-state index < -0.39 is 0 Å². The third-order valence-electron chi connectivity index (χ3n) is 3.47. The van der Waals surface area contributed by atoms with Crippen LogP contribution >= 0.6 is 11.3 Å². The summed E-state index contributed by atoms with van der Waals surface area (Å²) in [5.41, 5.74) is 0. The van der Waals surface area contributed by atoms with Crippen molar-refractivity contribution in [2.24, 2.45) is 0 Å². The molecule has 1 aliphatic heterocycles. The Morgan fingerprint density at radius 2 is 2.24 bits per heavy atom. The van der Waals surface area contributed by atoms with Crippen LogP contribution in [0.15, 0.2) is 12.1 Å². The number of likely N-dealkylation sites (N-methyl/N-ethyl adjacent to an activating group) is 1. The van der Waals surface area contributed by atoms with Crippen molar-refractivity contribution in [1.82, 2.24) is 15.1 Å². The van der Waals surface area contributed by atoms with Crippen LogP contribution in [-0.4, -0.2) is 68.7 Å². The smallest absolute Gasteiger partial charge is 0.253 e. The first-order chi connectivity index (χ1) is 10.1. The maximum Gasteiger partial charge on any atom is 0.253 e. The number of thiophene rings is 1. The van der Waals surface area contributed by atoms with Crippen LogP contribution in [0.2, 0.25) is 0 Å². The van der Waals surface area contributed by atoms with Gasteiger partial charge < -0.3 is 19.9 Å². The number of hydrogen-bond acceptors (Lipinski definition) is 5. The van der Waals surface area contributed by atoms with Gasteiger partial charge in [0.1, 0.15) is 6.10 Å². The van der Waals surface area contributed by atoms with E-state index in [0.717, 1.165) is 19.6 Å². The third kappa shape index (κ3) is 5.07. The molecule has 1 aromatic rings. The molecule has 0 aliphatic carbocycles. The number of nitrogens with one attached hydrogen (secondary N) is 1. The van der Waals surface area contributed by atoms with Gasteiger partial charge in [0.25, 0.3) is 5.91 Å². The second-order valence-electron chi connectivity index (χ2n) is 5.64. The first-order valence-electron chi connectivity index (χ1n) is 7.37. The van der Waals surface area contributed by atoms with Crippen molar-refractivity contribution in [2.45, 2.75) is 19.6 Å². The number of aryl methyl sites for hydroxylation is 1.